The molecule has 1 aliphatic carbocycles. The number of hydrogen-bond acceptors (Lipinski definition) is 3. The maximum absolute atomic E-state index is 12.0. The maximum atomic E-state index is 12.0. The third kappa shape index (κ3) is 2.41. The van der Waals surface area contributed by atoms with Gasteiger partial charge in [-0.2, -0.15) is 0 Å². The maximum Gasteiger partial charge on any atom is 0.225 e. The summed E-state index contributed by atoms with van der Waals surface area (Å²) in [6, 6.07) is 0. The first-order valence-electron chi connectivity index (χ1n) is 5.06. The highest BCUT2D eigenvalue weighted by molar-refractivity contribution is 6.08. The predicted molar refractivity (Wildman–Crippen MR) is 60.3 cm³/mol. The predicted octanol–water partition coefficient (Wildman–Crippen LogP) is 1.96. The minimum Gasteiger partial charge on any atom is -0.493 e. The number of carbonyl (C=O) groups excluding carboxylic acids is 1. The quantitative estimate of drug-likeness (QED) is 0.651. The summed E-state index contributed by atoms with van der Waals surface area (Å²) in [4.78, 5) is 13.9. The van der Waals surface area contributed by atoms with Crippen LogP contribution in [-0.4, -0.2) is 31.9 Å². The van der Waals surface area contributed by atoms with Gasteiger partial charge in [-0.1, -0.05) is 13.8 Å². The van der Waals surface area contributed by atoms with Gasteiger partial charge in [0.2, 0.25) is 5.78 Å². The summed E-state index contributed by atoms with van der Waals surface area (Å²) in [6.45, 7) is 4.15. The van der Waals surface area contributed by atoms with E-state index in [0.29, 0.717) is 5.76 Å². The average Bonchev–Trinajstić information content (AvgIpc) is 2.12. The number of methoxy groups -OCH3 is 1. The van der Waals surface area contributed by atoms with Crippen molar-refractivity contribution in [1.29, 1.82) is 0 Å². The molecule has 0 unspecified atom stereocenters. The second-order valence-electron chi connectivity index (χ2n) is 4.70. The van der Waals surface area contributed by atoms with Crippen LogP contribution in [0.4, 0.5) is 0 Å². The fourth-order valence-electron chi connectivity index (χ4n) is 1.66. The molecule has 0 atom stereocenters. The lowest BCUT2D eigenvalue weighted by Gasteiger charge is -2.31. The number of carbonyl (C=O) groups is 1. The molecule has 0 bridgehead atoms. The Morgan fingerprint density at radius 2 is 2.07 bits per heavy atom. The second kappa shape index (κ2) is 4.09. The lowest BCUT2D eigenvalue weighted by molar-refractivity contribution is -0.116. The van der Waals surface area contributed by atoms with E-state index in [4.69, 9.17) is 4.74 Å². The van der Waals surface area contributed by atoms with Gasteiger partial charge in [0.15, 0.2) is 5.76 Å². The molecule has 0 N–H and O–H groups in total. The average molecular weight is 209 g/mol. The summed E-state index contributed by atoms with van der Waals surface area (Å²) in [5.41, 5.74) is 0.704. The van der Waals surface area contributed by atoms with Crippen LogP contribution in [0.2, 0.25) is 0 Å². The Balaban J connectivity index is 3.12. The summed E-state index contributed by atoms with van der Waals surface area (Å²) in [5, 5.41) is 0. The van der Waals surface area contributed by atoms with Crippen molar-refractivity contribution in [3.8, 4) is 0 Å². The van der Waals surface area contributed by atoms with Crippen molar-refractivity contribution in [2.24, 2.45) is 5.41 Å². The SMILES string of the molecule is COC1=CCC(C)(C)/C(=C\N(C)C)C1=O. The van der Waals surface area contributed by atoms with Crippen LogP contribution >= 0.6 is 0 Å². The molecule has 0 heterocycles. The molecular formula is C12H19NO2. The molecule has 0 aromatic carbocycles. The van der Waals surface area contributed by atoms with Gasteiger partial charge >= 0.3 is 0 Å². The minimum absolute atomic E-state index is 0.00227. The highest BCUT2D eigenvalue weighted by Gasteiger charge is 2.34. The fourth-order valence-corrected chi connectivity index (χ4v) is 1.66. The van der Waals surface area contributed by atoms with Gasteiger partial charge in [0.05, 0.1) is 7.11 Å². The lowest BCUT2D eigenvalue weighted by Crippen LogP contribution is -2.28. The molecule has 0 spiro atoms. The van der Waals surface area contributed by atoms with Crippen LogP contribution < -0.4 is 0 Å². The van der Waals surface area contributed by atoms with E-state index in [0.717, 1.165) is 12.0 Å². The van der Waals surface area contributed by atoms with Crippen molar-refractivity contribution in [3.05, 3.63) is 23.6 Å². The number of allylic oxidation sites excluding steroid dienone is 2. The Bertz CT molecular complexity index is 325. The van der Waals surface area contributed by atoms with Gasteiger partial charge in [0.25, 0.3) is 0 Å². The first-order chi connectivity index (χ1) is 6.88. The molecule has 0 aliphatic heterocycles. The molecule has 1 aliphatic rings. The number of ether oxygens (including phenoxy) is 1. The molecule has 84 valence electrons. The van der Waals surface area contributed by atoms with Gasteiger partial charge < -0.3 is 9.64 Å². The van der Waals surface area contributed by atoms with E-state index in [1.165, 1.54) is 7.11 Å². The largest absolute Gasteiger partial charge is 0.493 e. The molecule has 0 saturated heterocycles. The summed E-state index contributed by atoms with van der Waals surface area (Å²) in [7, 11) is 5.37. The first-order valence-corrected chi connectivity index (χ1v) is 5.06. The van der Waals surface area contributed by atoms with Crippen LogP contribution in [0.3, 0.4) is 0 Å². The van der Waals surface area contributed by atoms with Crippen LogP contribution in [0.15, 0.2) is 23.6 Å². The Kier molecular flexibility index (Phi) is 3.22. The summed E-state index contributed by atoms with van der Waals surface area (Å²) in [5.74, 6) is 0.463. The number of rotatable bonds is 2. The van der Waals surface area contributed by atoms with Gasteiger partial charge in [-0.15, -0.1) is 0 Å². The Morgan fingerprint density at radius 3 is 2.53 bits per heavy atom. The van der Waals surface area contributed by atoms with Crippen LogP contribution in [0.25, 0.3) is 0 Å². The lowest BCUT2D eigenvalue weighted by atomic mass is 9.75. The van der Waals surface area contributed by atoms with Gasteiger partial charge in [-0.25, -0.2) is 0 Å². The molecule has 0 fully saturated rings. The molecule has 1 rings (SSSR count). The van der Waals surface area contributed by atoms with Crippen LogP contribution in [0.1, 0.15) is 20.3 Å². The highest BCUT2D eigenvalue weighted by atomic mass is 16.5. The van der Waals surface area contributed by atoms with Crippen LogP contribution in [0.5, 0.6) is 0 Å². The van der Waals surface area contributed by atoms with Crippen molar-refractivity contribution in [3.63, 3.8) is 0 Å². The molecular weight excluding hydrogens is 190 g/mol. The first kappa shape index (κ1) is 11.8. The molecule has 3 nitrogen and oxygen atoms in total. The highest BCUT2D eigenvalue weighted by Crippen LogP contribution is 2.37. The fraction of sp³-hybridized carbons (Fsp3) is 0.583. The van der Waals surface area contributed by atoms with Crippen LogP contribution in [0, 0.1) is 5.41 Å². The van der Waals surface area contributed by atoms with E-state index < -0.39 is 0 Å². The molecule has 0 radical (unpaired) electrons. The molecule has 0 amide bonds. The van der Waals surface area contributed by atoms with Crippen molar-refractivity contribution < 1.29 is 9.53 Å². The third-order valence-electron chi connectivity index (χ3n) is 2.60. The summed E-state index contributed by atoms with van der Waals surface area (Å²) in [6.07, 6.45) is 4.59. The van der Waals surface area contributed by atoms with E-state index in [2.05, 4.69) is 13.8 Å². The van der Waals surface area contributed by atoms with Crippen molar-refractivity contribution in [2.75, 3.05) is 21.2 Å². The van der Waals surface area contributed by atoms with E-state index in [1.54, 1.807) is 0 Å². The molecule has 0 aromatic heterocycles. The van der Waals surface area contributed by atoms with Gasteiger partial charge in [-0.3, -0.25) is 4.79 Å². The van der Waals surface area contributed by atoms with E-state index in [9.17, 15) is 4.79 Å². The molecule has 0 aromatic rings. The van der Waals surface area contributed by atoms with Gasteiger partial charge in [-0.05, 0) is 17.9 Å². The summed E-state index contributed by atoms with van der Waals surface area (Å²) < 4.78 is 5.06. The van der Waals surface area contributed by atoms with Gasteiger partial charge in [0.1, 0.15) is 0 Å². The molecule has 0 saturated carbocycles. The number of ketones is 1. The topological polar surface area (TPSA) is 29.5 Å². The number of hydrogen-bond donors (Lipinski definition) is 0. The van der Waals surface area contributed by atoms with Crippen molar-refractivity contribution in [2.45, 2.75) is 20.3 Å². The van der Waals surface area contributed by atoms with Crippen molar-refractivity contribution >= 4 is 5.78 Å². The second-order valence-corrected chi connectivity index (χ2v) is 4.70. The minimum atomic E-state index is -0.108. The van der Waals surface area contributed by atoms with E-state index in [-0.39, 0.29) is 11.2 Å². The van der Waals surface area contributed by atoms with Crippen molar-refractivity contribution in [1.82, 2.24) is 4.90 Å². The normalized spacial score (nSPS) is 22.6. The number of nitrogens with zero attached hydrogens (tertiary/aromatic N) is 1. The molecule has 15 heavy (non-hydrogen) atoms. The number of Topliss-reactive ketones (excluding diaryl/α,β-unsaturated/α-hetero) is 1. The van der Waals surface area contributed by atoms with Gasteiger partial charge in [0, 0.05) is 25.9 Å². The zero-order valence-electron chi connectivity index (χ0n) is 10.1. The third-order valence-corrected chi connectivity index (χ3v) is 2.60. The Hall–Kier alpha value is -1.25. The zero-order valence-corrected chi connectivity index (χ0v) is 10.1. The smallest absolute Gasteiger partial charge is 0.225 e. The Morgan fingerprint density at radius 1 is 1.47 bits per heavy atom. The van der Waals surface area contributed by atoms with E-state index in [1.807, 2.05) is 31.3 Å². The standard InChI is InChI=1S/C12H19NO2/c1-12(2)7-6-10(15-5)11(14)9(12)8-13(3)4/h6,8H,7H2,1-5H3/b9-8-. The Labute approximate surface area is 91.4 Å². The molecule has 3 heteroatoms. The zero-order chi connectivity index (χ0) is 11.6. The monoisotopic (exact) mass is 209 g/mol. The summed E-state index contributed by atoms with van der Waals surface area (Å²) >= 11 is 0. The van der Waals surface area contributed by atoms with Crippen LogP contribution in [-0.2, 0) is 9.53 Å². The van der Waals surface area contributed by atoms with E-state index >= 15 is 0 Å².